The van der Waals surface area contributed by atoms with E-state index in [1.165, 1.54) is 13.8 Å². The van der Waals surface area contributed by atoms with Crippen LogP contribution < -0.4 is 10.6 Å². The van der Waals surface area contributed by atoms with Gasteiger partial charge in [0.2, 0.25) is 0 Å². The minimum Gasteiger partial charge on any atom is -0.480 e. The molecule has 6 N–H and O–H groups in total. The lowest BCUT2D eigenvalue weighted by Crippen LogP contribution is -2.48. The summed E-state index contributed by atoms with van der Waals surface area (Å²) in [6.45, 7) is 9.11. The molecule has 0 aliphatic heterocycles. The summed E-state index contributed by atoms with van der Waals surface area (Å²) in [5, 5.41) is 46.7. The van der Waals surface area contributed by atoms with E-state index in [1.807, 2.05) is 0 Å². The number of carboxylic acids is 2. The highest BCUT2D eigenvalue weighted by molar-refractivity contribution is 5.92. The van der Waals surface area contributed by atoms with Crippen molar-refractivity contribution < 1.29 is 19.8 Å². The normalized spacial score (nSPS) is 14.8. The van der Waals surface area contributed by atoms with Crippen LogP contribution >= 0.6 is 0 Å². The molecule has 0 rings (SSSR count). The largest absolute Gasteiger partial charge is 0.480 e. The second-order valence-electron chi connectivity index (χ2n) is 6.48. The number of azo groups is 1. The molecule has 0 saturated heterocycles. The van der Waals surface area contributed by atoms with Crippen LogP contribution in [0.25, 0.3) is 0 Å². The summed E-state index contributed by atoms with van der Waals surface area (Å²) in [5.74, 6) is -2.45. The zero-order valence-electron chi connectivity index (χ0n) is 14.8. The van der Waals surface area contributed by atoms with Gasteiger partial charge in [-0.15, -0.1) is 0 Å². The molecular weight excluding hydrogens is 316 g/mol. The first-order chi connectivity index (χ1) is 10.7. The third-order valence-electron chi connectivity index (χ3n) is 3.24. The second-order valence-corrected chi connectivity index (χ2v) is 6.48. The third-order valence-corrected chi connectivity index (χ3v) is 3.24. The molecule has 0 bridgehead atoms. The molecule has 0 fully saturated rings. The molecule has 0 heterocycles. The molecule has 0 spiro atoms. The van der Waals surface area contributed by atoms with Crippen molar-refractivity contribution in [1.82, 2.24) is 10.6 Å². The predicted octanol–water partition coefficient (Wildman–Crippen LogP) is 1.08. The van der Waals surface area contributed by atoms with Crippen molar-refractivity contribution in [1.29, 1.82) is 10.8 Å². The van der Waals surface area contributed by atoms with Gasteiger partial charge in [0.15, 0.2) is 0 Å². The average Bonchev–Trinajstić information content (AvgIpc) is 2.44. The van der Waals surface area contributed by atoms with Crippen LogP contribution in [0.3, 0.4) is 0 Å². The van der Waals surface area contributed by atoms with Crippen LogP contribution in [0.5, 0.6) is 0 Å². The number of carbonyl (C=O) groups is 2. The van der Waals surface area contributed by atoms with Crippen molar-refractivity contribution in [2.75, 3.05) is 0 Å². The Labute approximate surface area is 140 Å². The van der Waals surface area contributed by atoms with Crippen molar-refractivity contribution in [3.05, 3.63) is 0 Å². The van der Waals surface area contributed by atoms with Gasteiger partial charge in [0, 0.05) is 0 Å². The molecule has 10 heteroatoms. The molecule has 0 aliphatic rings. The van der Waals surface area contributed by atoms with Crippen molar-refractivity contribution in [2.45, 2.75) is 64.7 Å². The number of nitrogens with one attached hydrogen (secondary N) is 4. The molecule has 24 heavy (non-hydrogen) atoms. The van der Waals surface area contributed by atoms with Crippen molar-refractivity contribution in [2.24, 2.45) is 10.2 Å². The number of hydrogen-bond acceptors (Lipinski definition) is 6. The van der Waals surface area contributed by atoms with E-state index in [4.69, 9.17) is 21.0 Å². The number of carboxylic acid groups (broad SMARTS) is 2. The maximum atomic E-state index is 10.8. The minimum atomic E-state index is -1.13. The van der Waals surface area contributed by atoms with Gasteiger partial charge in [-0.2, -0.15) is 10.2 Å². The lowest BCUT2D eigenvalue weighted by molar-refractivity contribution is -0.139. The summed E-state index contributed by atoms with van der Waals surface area (Å²) in [6, 6.07) is -1.90. The van der Waals surface area contributed by atoms with E-state index in [0.29, 0.717) is 0 Å². The van der Waals surface area contributed by atoms with Crippen molar-refractivity contribution in [3.8, 4) is 0 Å². The number of rotatable bonds is 8. The van der Waals surface area contributed by atoms with Crippen LogP contribution in [0.1, 0.15) is 41.5 Å². The molecule has 0 saturated carbocycles. The standard InChI is InChI=1S/C14H26N6O4/c1-7(9(21)22)17-11(15)13(3,4)19-20-14(5,6)12(16)18-8(2)10(23)24/h7-8H,1-6H3,(H2,15,17)(H2,16,18)(H,21,22)(H,23,24)/b20-19+. The van der Waals surface area contributed by atoms with Crippen molar-refractivity contribution >= 4 is 23.6 Å². The highest BCUT2D eigenvalue weighted by Crippen LogP contribution is 2.17. The van der Waals surface area contributed by atoms with Gasteiger partial charge in [0.1, 0.15) is 34.8 Å². The first kappa shape index (κ1) is 21.5. The van der Waals surface area contributed by atoms with Gasteiger partial charge in [-0.05, 0) is 41.5 Å². The van der Waals surface area contributed by atoms with Crippen LogP contribution in [-0.4, -0.2) is 57.0 Å². The van der Waals surface area contributed by atoms with E-state index in [9.17, 15) is 9.59 Å². The van der Waals surface area contributed by atoms with Gasteiger partial charge >= 0.3 is 11.9 Å². The predicted molar refractivity (Wildman–Crippen MR) is 88.9 cm³/mol. The first-order valence-corrected chi connectivity index (χ1v) is 7.31. The van der Waals surface area contributed by atoms with E-state index in [2.05, 4.69) is 20.9 Å². The highest BCUT2D eigenvalue weighted by Gasteiger charge is 2.30. The van der Waals surface area contributed by atoms with Gasteiger partial charge < -0.3 is 20.8 Å². The summed E-state index contributed by atoms with van der Waals surface area (Å²) in [5.41, 5.74) is -2.25. The lowest BCUT2D eigenvalue weighted by atomic mass is 10.0. The number of aliphatic carboxylic acids is 2. The molecule has 2 unspecified atom stereocenters. The van der Waals surface area contributed by atoms with Crippen molar-refractivity contribution in [3.63, 3.8) is 0 Å². The van der Waals surface area contributed by atoms with E-state index in [0.717, 1.165) is 0 Å². The van der Waals surface area contributed by atoms with E-state index in [1.54, 1.807) is 27.7 Å². The minimum absolute atomic E-state index is 0.129. The molecule has 136 valence electrons. The summed E-state index contributed by atoms with van der Waals surface area (Å²) >= 11 is 0. The Balaban J connectivity index is 5.05. The number of hydrogen-bond donors (Lipinski definition) is 6. The Morgan fingerprint density at radius 1 is 0.833 bits per heavy atom. The Morgan fingerprint density at radius 3 is 1.29 bits per heavy atom. The quantitative estimate of drug-likeness (QED) is 0.219. The molecule has 2 atom stereocenters. The topological polar surface area (TPSA) is 171 Å². The maximum Gasteiger partial charge on any atom is 0.325 e. The highest BCUT2D eigenvalue weighted by atomic mass is 16.4. The van der Waals surface area contributed by atoms with Gasteiger partial charge in [-0.3, -0.25) is 20.4 Å². The van der Waals surface area contributed by atoms with Crippen LogP contribution in [0.4, 0.5) is 0 Å². The monoisotopic (exact) mass is 342 g/mol. The van der Waals surface area contributed by atoms with Crippen LogP contribution in [-0.2, 0) is 9.59 Å². The molecular formula is C14H26N6O4. The average molecular weight is 342 g/mol. The zero-order chi connectivity index (χ0) is 19.3. The third kappa shape index (κ3) is 6.31. The Kier molecular flexibility index (Phi) is 7.02. The van der Waals surface area contributed by atoms with Crippen LogP contribution in [0.2, 0.25) is 0 Å². The Morgan fingerprint density at radius 2 is 1.08 bits per heavy atom. The van der Waals surface area contributed by atoms with Gasteiger partial charge in [-0.1, -0.05) is 0 Å². The van der Waals surface area contributed by atoms with Gasteiger partial charge in [0.05, 0.1) is 0 Å². The molecule has 0 aromatic heterocycles. The smallest absolute Gasteiger partial charge is 0.325 e. The van der Waals surface area contributed by atoms with Crippen LogP contribution in [0.15, 0.2) is 10.2 Å². The fraction of sp³-hybridized carbons (Fsp3) is 0.714. The van der Waals surface area contributed by atoms with Gasteiger partial charge in [0.25, 0.3) is 0 Å². The Hall–Kier alpha value is -2.52. The number of nitrogens with zero attached hydrogens (tertiary/aromatic N) is 2. The Bertz CT molecular complexity index is 507. The number of amidine groups is 2. The molecule has 0 radical (unpaired) electrons. The molecule has 0 aromatic rings. The first-order valence-electron chi connectivity index (χ1n) is 7.31. The molecule has 10 nitrogen and oxygen atoms in total. The molecule has 0 aromatic carbocycles. The zero-order valence-corrected chi connectivity index (χ0v) is 14.8. The maximum absolute atomic E-state index is 10.8. The summed E-state index contributed by atoms with van der Waals surface area (Å²) < 4.78 is 0. The van der Waals surface area contributed by atoms with E-state index >= 15 is 0 Å². The van der Waals surface area contributed by atoms with E-state index in [-0.39, 0.29) is 11.7 Å². The second kappa shape index (κ2) is 7.84. The van der Waals surface area contributed by atoms with Gasteiger partial charge in [-0.25, -0.2) is 0 Å². The summed E-state index contributed by atoms with van der Waals surface area (Å²) in [7, 11) is 0. The molecule has 0 aliphatic carbocycles. The summed E-state index contributed by atoms with van der Waals surface area (Å²) in [6.07, 6.45) is 0. The lowest BCUT2D eigenvalue weighted by Gasteiger charge is -2.26. The van der Waals surface area contributed by atoms with E-state index < -0.39 is 35.1 Å². The fourth-order valence-corrected chi connectivity index (χ4v) is 1.26. The SMILES string of the molecule is CC(NC(=N)C(C)(C)/N=N/C(C)(C)C(=N)NC(C)C(=O)O)C(=O)O. The molecule has 0 amide bonds. The fourth-order valence-electron chi connectivity index (χ4n) is 1.26. The van der Waals surface area contributed by atoms with Crippen LogP contribution in [0, 0.1) is 10.8 Å². The summed E-state index contributed by atoms with van der Waals surface area (Å²) in [4.78, 5) is 21.7.